The van der Waals surface area contributed by atoms with E-state index in [9.17, 15) is 4.79 Å². The maximum Gasteiger partial charge on any atom is 0.305 e. The van der Waals surface area contributed by atoms with Gasteiger partial charge in [-0.15, -0.1) is 0 Å². The zero-order valence-corrected chi connectivity index (χ0v) is 9.82. The number of aromatic amines is 1. The van der Waals surface area contributed by atoms with Gasteiger partial charge in [0.1, 0.15) is 0 Å². The van der Waals surface area contributed by atoms with E-state index in [2.05, 4.69) is 27.1 Å². The maximum atomic E-state index is 10.8. The van der Waals surface area contributed by atoms with E-state index in [1.807, 2.05) is 13.0 Å². The van der Waals surface area contributed by atoms with Gasteiger partial charge in [0, 0.05) is 18.5 Å². The average Bonchev–Trinajstić information content (AvgIpc) is 2.69. The summed E-state index contributed by atoms with van der Waals surface area (Å²) in [4.78, 5) is 10.8. The van der Waals surface area contributed by atoms with Crippen LogP contribution in [0.5, 0.6) is 0 Å². The Labute approximate surface area is 95.7 Å². The lowest BCUT2D eigenvalue weighted by Crippen LogP contribution is -1.98. The van der Waals surface area contributed by atoms with Gasteiger partial charge < -0.3 is 4.74 Å². The molecule has 1 aromatic rings. The Balaban J connectivity index is 2.11. The summed E-state index contributed by atoms with van der Waals surface area (Å²) >= 11 is 0. The van der Waals surface area contributed by atoms with Crippen LogP contribution in [0.25, 0.3) is 0 Å². The Morgan fingerprint density at radius 2 is 2.38 bits per heavy atom. The zero-order valence-electron chi connectivity index (χ0n) is 9.82. The highest BCUT2D eigenvalue weighted by atomic mass is 16.5. The second-order valence-electron chi connectivity index (χ2n) is 3.69. The predicted molar refractivity (Wildman–Crippen MR) is 62.0 cm³/mol. The first kappa shape index (κ1) is 12.5. The van der Waals surface area contributed by atoms with Gasteiger partial charge >= 0.3 is 5.97 Å². The van der Waals surface area contributed by atoms with Crippen LogP contribution in [0.1, 0.15) is 30.7 Å². The van der Waals surface area contributed by atoms with Crippen LogP contribution >= 0.6 is 0 Å². The molecule has 0 amide bonds. The average molecular weight is 222 g/mol. The number of aryl methyl sites for hydroxylation is 1. The minimum atomic E-state index is -0.142. The van der Waals surface area contributed by atoms with E-state index in [0.717, 1.165) is 30.7 Å². The first-order valence-corrected chi connectivity index (χ1v) is 5.45. The van der Waals surface area contributed by atoms with Gasteiger partial charge in [0.25, 0.3) is 0 Å². The lowest BCUT2D eigenvalue weighted by Gasteiger charge is -1.95. The fourth-order valence-electron chi connectivity index (χ4n) is 1.37. The molecule has 0 atom stereocenters. The number of ether oxygens (including phenoxy) is 1. The number of unbranched alkanes of at least 4 members (excludes halogenated alkanes) is 1. The molecule has 0 saturated carbocycles. The highest BCUT2D eigenvalue weighted by Crippen LogP contribution is 2.02. The Hall–Kier alpha value is -1.58. The number of aromatic nitrogens is 2. The highest BCUT2D eigenvalue weighted by molar-refractivity contribution is 5.68. The Morgan fingerprint density at radius 1 is 1.56 bits per heavy atom. The van der Waals surface area contributed by atoms with E-state index in [1.165, 1.54) is 7.11 Å². The summed E-state index contributed by atoms with van der Waals surface area (Å²) < 4.78 is 4.55. The minimum Gasteiger partial charge on any atom is -0.469 e. The molecule has 0 aliphatic carbocycles. The number of esters is 1. The van der Waals surface area contributed by atoms with Crippen LogP contribution in [-0.2, 0) is 16.0 Å². The SMILES string of the molecule is COC(=O)CCC/C=C\Cc1cc(C)[nH]n1. The summed E-state index contributed by atoms with van der Waals surface area (Å²) in [6.45, 7) is 1.98. The third-order valence-corrected chi connectivity index (χ3v) is 2.23. The number of hydrogen-bond acceptors (Lipinski definition) is 3. The number of nitrogens with one attached hydrogen (secondary N) is 1. The van der Waals surface area contributed by atoms with Gasteiger partial charge in [0.05, 0.1) is 12.8 Å². The van der Waals surface area contributed by atoms with E-state index >= 15 is 0 Å². The van der Waals surface area contributed by atoms with E-state index in [-0.39, 0.29) is 5.97 Å². The number of hydrogen-bond donors (Lipinski definition) is 1. The summed E-state index contributed by atoms with van der Waals surface area (Å²) in [5, 5.41) is 7.02. The molecule has 0 fully saturated rings. The smallest absolute Gasteiger partial charge is 0.305 e. The molecule has 1 heterocycles. The van der Waals surface area contributed by atoms with Gasteiger partial charge in [0.2, 0.25) is 0 Å². The number of rotatable bonds is 6. The van der Waals surface area contributed by atoms with Crippen LogP contribution in [0, 0.1) is 6.92 Å². The van der Waals surface area contributed by atoms with Crippen LogP contribution in [-0.4, -0.2) is 23.3 Å². The second-order valence-corrected chi connectivity index (χ2v) is 3.69. The summed E-state index contributed by atoms with van der Waals surface area (Å²) in [5.74, 6) is -0.142. The second kappa shape index (κ2) is 6.82. The molecule has 0 radical (unpaired) electrons. The number of H-pyrrole nitrogens is 1. The van der Waals surface area contributed by atoms with Crippen LogP contribution < -0.4 is 0 Å². The molecule has 4 heteroatoms. The number of methoxy groups -OCH3 is 1. The van der Waals surface area contributed by atoms with Gasteiger partial charge in [-0.05, 0) is 25.8 Å². The van der Waals surface area contributed by atoms with Crippen molar-refractivity contribution in [2.45, 2.75) is 32.6 Å². The van der Waals surface area contributed by atoms with Gasteiger partial charge in [0.15, 0.2) is 0 Å². The van der Waals surface area contributed by atoms with Crippen molar-refractivity contribution in [3.05, 3.63) is 29.6 Å². The van der Waals surface area contributed by atoms with Crippen LogP contribution in [0.2, 0.25) is 0 Å². The molecule has 0 aliphatic heterocycles. The molecule has 0 unspecified atom stereocenters. The van der Waals surface area contributed by atoms with Crippen molar-refractivity contribution in [2.24, 2.45) is 0 Å². The van der Waals surface area contributed by atoms with Crippen molar-refractivity contribution in [3.8, 4) is 0 Å². The number of carbonyl (C=O) groups is 1. The summed E-state index contributed by atoms with van der Waals surface area (Å²) in [5.41, 5.74) is 2.12. The van der Waals surface area contributed by atoms with Crippen molar-refractivity contribution >= 4 is 5.97 Å². The first-order valence-electron chi connectivity index (χ1n) is 5.45. The molecule has 4 nitrogen and oxygen atoms in total. The van der Waals surface area contributed by atoms with Gasteiger partial charge in [-0.3, -0.25) is 9.89 Å². The van der Waals surface area contributed by atoms with E-state index in [4.69, 9.17) is 0 Å². The molecule has 16 heavy (non-hydrogen) atoms. The van der Waals surface area contributed by atoms with Crippen LogP contribution in [0.4, 0.5) is 0 Å². The molecule has 1 aromatic heterocycles. The third kappa shape index (κ3) is 4.77. The van der Waals surface area contributed by atoms with Gasteiger partial charge in [-0.2, -0.15) is 5.10 Å². The Morgan fingerprint density at radius 3 is 3.00 bits per heavy atom. The molecule has 0 spiro atoms. The van der Waals surface area contributed by atoms with Crippen molar-refractivity contribution in [1.29, 1.82) is 0 Å². The fourth-order valence-corrected chi connectivity index (χ4v) is 1.37. The molecular formula is C12H18N2O2. The first-order chi connectivity index (χ1) is 7.72. The lowest BCUT2D eigenvalue weighted by atomic mass is 10.2. The lowest BCUT2D eigenvalue weighted by molar-refractivity contribution is -0.140. The quantitative estimate of drug-likeness (QED) is 0.456. The molecule has 0 bridgehead atoms. The summed E-state index contributed by atoms with van der Waals surface area (Å²) in [6.07, 6.45) is 7.21. The monoisotopic (exact) mass is 222 g/mol. The largest absolute Gasteiger partial charge is 0.469 e. The topological polar surface area (TPSA) is 55.0 Å². The van der Waals surface area contributed by atoms with Crippen molar-refractivity contribution < 1.29 is 9.53 Å². The minimum absolute atomic E-state index is 0.142. The van der Waals surface area contributed by atoms with Crippen LogP contribution in [0.15, 0.2) is 18.2 Å². The van der Waals surface area contributed by atoms with Gasteiger partial charge in [-0.25, -0.2) is 0 Å². The Kier molecular flexibility index (Phi) is 5.32. The summed E-state index contributed by atoms with van der Waals surface area (Å²) in [7, 11) is 1.41. The van der Waals surface area contributed by atoms with E-state index in [1.54, 1.807) is 0 Å². The number of allylic oxidation sites excluding steroid dienone is 2. The fraction of sp³-hybridized carbons (Fsp3) is 0.500. The van der Waals surface area contributed by atoms with Gasteiger partial charge in [-0.1, -0.05) is 12.2 Å². The van der Waals surface area contributed by atoms with Crippen molar-refractivity contribution in [2.75, 3.05) is 7.11 Å². The van der Waals surface area contributed by atoms with Crippen molar-refractivity contribution in [1.82, 2.24) is 10.2 Å². The third-order valence-electron chi connectivity index (χ3n) is 2.23. The molecule has 0 aromatic carbocycles. The zero-order chi connectivity index (χ0) is 11.8. The number of nitrogens with zero attached hydrogens (tertiary/aromatic N) is 1. The predicted octanol–water partition coefficient (Wildman–Crippen LogP) is 2.16. The normalized spacial score (nSPS) is 10.9. The molecule has 0 aliphatic rings. The van der Waals surface area contributed by atoms with E-state index in [0.29, 0.717) is 6.42 Å². The molecular weight excluding hydrogens is 204 g/mol. The molecule has 1 rings (SSSR count). The van der Waals surface area contributed by atoms with Crippen molar-refractivity contribution in [3.63, 3.8) is 0 Å². The summed E-state index contributed by atoms with van der Waals surface area (Å²) in [6, 6.07) is 2.03. The molecule has 88 valence electrons. The molecule has 1 N–H and O–H groups in total. The maximum absolute atomic E-state index is 10.8. The highest BCUT2D eigenvalue weighted by Gasteiger charge is 1.97. The van der Waals surface area contributed by atoms with Crippen LogP contribution in [0.3, 0.4) is 0 Å². The van der Waals surface area contributed by atoms with E-state index < -0.39 is 0 Å². The number of carbonyl (C=O) groups excluding carboxylic acids is 1. The Bertz CT molecular complexity index is 356. The molecule has 0 saturated heterocycles. The standard InChI is InChI=1S/C12H18N2O2/c1-10-9-11(14-13-10)7-5-3-4-6-8-12(15)16-2/h3,5,9H,4,6-8H2,1-2H3,(H,13,14)/b5-3-.